The van der Waals surface area contributed by atoms with E-state index < -0.39 is 0 Å². The van der Waals surface area contributed by atoms with Crippen LogP contribution in [0, 0.1) is 12.8 Å². The summed E-state index contributed by atoms with van der Waals surface area (Å²) < 4.78 is 0. The molecule has 0 aliphatic carbocycles. The first kappa shape index (κ1) is 10.1. The number of aryl methyl sites for hydroxylation is 1. The SMILES string of the molecule is Cc1ccc(C(N)C(C)C)cc1O. The molecule has 0 spiro atoms. The summed E-state index contributed by atoms with van der Waals surface area (Å²) in [5.74, 6) is 0.718. The highest BCUT2D eigenvalue weighted by Crippen LogP contribution is 2.24. The molecule has 0 aliphatic heterocycles. The number of hydrogen-bond acceptors (Lipinski definition) is 2. The molecule has 0 heterocycles. The van der Waals surface area contributed by atoms with Crippen LogP contribution in [-0.4, -0.2) is 5.11 Å². The van der Waals surface area contributed by atoms with Gasteiger partial charge in [0.15, 0.2) is 0 Å². The number of aromatic hydroxyl groups is 1. The Kier molecular flexibility index (Phi) is 2.94. The Labute approximate surface area is 79.4 Å². The average molecular weight is 179 g/mol. The summed E-state index contributed by atoms with van der Waals surface area (Å²) in [5, 5.41) is 9.48. The Morgan fingerprint density at radius 2 is 1.92 bits per heavy atom. The van der Waals surface area contributed by atoms with Gasteiger partial charge in [0.05, 0.1) is 0 Å². The van der Waals surface area contributed by atoms with Gasteiger partial charge in [0.25, 0.3) is 0 Å². The fourth-order valence-corrected chi connectivity index (χ4v) is 1.22. The highest BCUT2D eigenvalue weighted by atomic mass is 16.3. The Balaban J connectivity index is 2.97. The molecule has 2 heteroatoms. The molecule has 2 nitrogen and oxygen atoms in total. The average Bonchev–Trinajstić information content (AvgIpc) is 2.08. The van der Waals surface area contributed by atoms with Crippen LogP contribution in [0.4, 0.5) is 0 Å². The van der Waals surface area contributed by atoms with Gasteiger partial charge in [0.1, 0.15) is 5.75 Å². The van der Waals surface area contributed by atoms with E-state index in [-0.39, 0.29) is 6.04 Å². The summed E-state index contributed by atoms with van der Waals surface area (Å²) in [6.45, 7) is 6.02. The number of phenols is 1. The lowest BCUT2D eigenvalue weighted by atomic mass is 9.96. The van der Waals surface area contributed by atoms with Crippen molar-refractivity contribution in [1.29, 1.82) is 0 Å². The Morgan fingerprint density at radius 1 is 1.31 bits per heavy atom. The van der Waals surface area contributed by atoms with Gasteiger partial charge < -0.3 is 10.8 Å². The van der Waals surface area contributed by atoms with Gasteiger partial charge >= 0.3 is 0 Å². The molecular formula is C11H17NO. The second-order valence-corrected chi connectivity index (χ2v) is 3.82. The van der Waals surface area contributed by atoms with Gasteiger partial charge in [-0.2, -0.15) is 0 Å². The fourth-order valence-electron chi connectivity index (χ4n) is 1.22. The molecule has 0 fully saturated rings. The van der Waals surface area contributed by atoms with Crippen LogP contribution in [0.25, 0.3) is 0 Å². The highest BCUT2D eigenvalue weighted by Gasteiger charge is 2.11. The van der Waals surface area contributed by atoms with Crippen molar-refractivity contribution in [2.45, 2.75) is 26.8 Å². The smallest absolute Gasteiger partial charge is 0.118 e. The molecule has 1 aromatic rings. The molecule has 0 aliphatic rings. The number of rotatable bonds is 2. The van der Waals surface area contributed by atoms with Crippen molar-refractivity contribution >= 4 is 0 Å². The van der Waals surface area contributed by atoms with E-state index in [1.54, 1.807) is 6.07 Å². The summed E-state index contributed by atoms with van der Waals surface area (Å²) in [4.78, 5) is 0. The number of nitrogens with two attached hydrogens (primary N) is 1. The molecule has 3 N–H and O–H groups in total. The van der Waals surface area contributed by atoms with Crippen molar-refractivity contribution in [3.05, 3.63) is 29.3 Å². The first-order chi connectivity index (χ1) is 6.02. The van der Waals surface area contributed by atoms with Gasteiger partial charge in [0, 0.05) is 6.04 Å². The van der Waals surface area contributed by atoms with Crippen LogP contribution in [0.15, 0.2) is 18.2 Å². The zero-order valence-corrected chi connectivity index (χ0v) is 8.41. The minimum absolute atomic E-state index is 0.00602. The molecule has 1 rings (SSSR count). The minimum Gasteiger partial charge on any atom is -0.508 e. The third-order valence-corrected chi connectivity index (χ3v) is 2.34. The number of phenolic OH excluding ortho intramolecular Hbond substituents is 1. The Bertz CT molecular complexity index is 294. The molecule has 0 saturated carbocycles. The number of hydrogen-bond donors (Lipinski definition) is 2. The van der Waals surface area contributed by atoms with E-state index in [0.717, 1.165) is 11.1 Å². The van der Waals surface area contributed by atoms with E-state index in [2.05, 4.69) is 13.8 Å². The molecule has 0 aromatic heterocycles. The van der Waals surface area contributed by atoms with Crippen LogP contribution in [-0.2, 0) is 0 Å². The number of benzene rings is 1. The molecule has 1 atom stereocenters. The predicted molar refractivity (Wildman–Crippen MR) is 54.6 cm³/mol. The second-order valence-electron chi connectivity index (χ2n) is 3.82. The zero-order chi connectivity index (χ0) is 10.0. The van der Waals surface area contributed by atoms with Crippen LogP contribution in [0.5, 0.6) is 5.75 Å². The van der Waals surface area contributed by atoms with E-state index in [4.69, 9.17) is 5.73 Å². The maximum atomic E-state index is 9.48. The summed E-state index contributed by atoms with van der Waals surface area (Å²) >= 11 is 0. The summed E-state index contributed by atoms with van der Waals surface area (Å²) in [6, 6.07) is 5.62. The van der Waals surface area contributed by atoms with Crippen molar-refractivity contribution < 1.29 is 5.11 Å². The molecule has 0 amide bonds. The maximum Gasteiger partial charge on any atom is 0.118 e. The highest BCUT2D eigenvalue weighted by molar-refractivity contribution is 5.36. The normalized spacial score (nSPS) is 13.3. The molecule has 0 radical (unpaired) electrons. The summed E-state index contributed by atoms with van der Waals surface area (Å²) in [7, 11) is 0. The molecule has 13 heavy (non-hydrogen) atoms. The van der Waals surface area contributed by atoms with Gasteiger partial charge in [0.2, 0.25) is 0 Å². The minimum atomic E-state index is 0.00602. The van der Waals surface area contributed by atoms with Crippen molar-refractivity contribution in [1.82, 2.24) is 0 Å². The summed E-state index contributed by atoms with van der Waals surface area (Å²) in [5.41, 5.74) is 7.83. The van der Waals surface area contributed by atoms with Gasteiger partial charge in [-0.05, 0) is 30.0 Å². The van der Waals surface area contributed by atoms with Crippen LogP contribution in [0.3, 0.4) is 0 Å². The lowest BCUT2D eigenvalue weighted by molar-refractivity contribution is 0.464. The Morgan fingerprint density at radius 3 is 2.38 bits per heavy atom. The largest absolute Gasteiger partial charge is 0.508 e. The van der Waals surface area contributed by atoms with E-state index >= 15 is 0 Å². The van der Waals surface area contributed by atoms with Crippen molar-refractivity contribution in [2.75, 3.05) is 0 Å². The van der Waals surface area contributed by atoms with Crippen molar-refractivity contribution in [3.8, 4) is 5.75 Å². The van der Waals surface area contributed by atoms with Crippen molar-refractivity contribution in [3.63, 3.8) is 0 Å². The Hall–Kier alpha value is -1.02. The van der Waals surface area contributed by atoms with E-state index in [1.165, 1.54) is 0 Å². The molecule has 0 saturated heterocycles. The van der Waals surface area contributed by atoms with Gasteiger partial charge in [-0.3, -0.25) is 0 Å². The molecule has 1 unspecified atom stereocenters. The molecular weight excluding hydrogens is 162 g/mol. The van der Waals surface area contributed by atoms with E-state index in [0.29, 0.717) is 11.7 Å². The van der Waals surface area contributed by atoms with Crippen LogP contribution in [0.1, 0.15) is 31.0 Å². The van der Waals surface area contributed by atoms with Crippen LogP contribution in [0.2, 0.25) is 0 Å². The second kappa shape index (κ2) is 3.79. The maximum absolute atomic E-state index is 9.48. The molecule has 1 aromatic carbocycles. The van der Waals surface area contributed by atoms with Crippen LogP contribution < -0.4 is 5.73 Å². The predicted octanol–water partition coefficient (Wildman–Crippen LogP) is 2.36. The van der Waals surface area contributed by atoms with Gasteiger partial charge in [-0.25, -0.2) is 0 Å². The molecule has 0 bridgehead atoms. The van der Waals surface area contributed by atoms with Crippen molar-refractivity contribution in [2.24, 2.45) is 11.7 Å². The topological polar surface area (TPSA) is 46.2 Å². The third-order valence-electron chi connectivity index (χ3n) is 2.34. The van der Waals surface area contributed by atoms with Gasteiger partial charge in [-0.15, -0.1) is 0 Å². The quantitative estimate of drug-likeness (QED) is 0.732. The zero-order valence-electron chi connectivity index (χ0n) is 8.41. The van der Waals surface area contributed by atoms with Gasteiger partial charge in [-0.1, -0.05) is 26.0 Å². The lowest BCUT2D eigenvalue weighted by Gasteiger charge is -2.16. The first-order valence-electron chi connectivity index (χ1n) is 4.57. The van der Waals surface area contributed by atoms with E-state index in [9.17, 15) is 5.11 Å². The summed E-state index contributed by atoms with van der Waals surface area (Å²) in [6.07, 6.45) is 0. The third kappa shape index (κ3) is 2.22. The first-order valence-corrected chi connectivity index (χ1v) is 4.57. The van der Waals surface area contributed by atoms with Crippen LogP contribution >= 0.6 is 0 Å². The fraction of sp³-hybridized carbons (Fsp3) is 0.455. The monoisotopic (exact) mass is 179 g/mol. The van der Waals surface area contributed by atoms with E-state index in [1.807, 2.05) is 19.1 Å². The molecule has 72 valence electrons. The standard InChI is InChI=1S/C11H17NO/c1-7(2)11(12)9-5-4-8(3)10(13)6-9/h4-7,11,13H,12H2,1-3H3. The lowest BCUT2D eigenvalue weighted by Crippen LogP contribution is -2.16.